The smallest absolute Gasteiger partial charge is 0.191 e. The molecule has 102 valence electrons. The van der Waals surface area contributed by atoms with Crippen molar-refractivity contribution in [2.75, 3.05) is 5.32 Å². The van der Waals surface area contributed by atoms with E-state index in [0.29, 0.717) is 10.1 Å². The third-order valence-corrected chi connectivity index (χ3v) is 3.54. The molecule has 0 atom stereocenters. The summed E-state index contributed by atoms with van der Waals surface area (Å²) in [6.45, 7) is 0. The number of hydrazone groups is 1. The van der Waals surface area contributed by atoms with Gasteiger partial charge in [-0.15, -0.1) is 0 Å². The number of benzene rings is 2. The van der Waals surface area contributed by atoms with E-state index >= 15 is 0 Å². The average Bonchev–Trinajstić information content (AvgIpc) is 2.43. The van der Waals surface area contributed by atoms with Crippen LogP contribution in [-0.2, 0) is 0 Å². The number of rotatable bonds is 3. The summed E-state index contributed by atoms with van der Waals surface area (Å²) in [6.07, 6.45) is 1.69. The van der Waals surface area contributed by atoms with Crippen LogP contribution in [0.4, 0.5) is 5.69 Å². The van der Waals surface area contributed by atoms with Crippen molar-refractivity contribution in [2.45, 2.75) is 0 Å². The lowest BCUT2D eigenvalue weighted by Gasteiger charge is -2.06. The van der Waals surface area contributed by atoms with Gasteiger partial charge in [-0.05, 0) is 42.5 Å². The van der Waals surface area contributed by atoms with E-state index in [-0.39, 0.29) is 0 Å². The normalized spacial score (nSPS) is 10.5. The van der Waals surface area contributed by atoms with Gasteiger partial charge in [0.15, 0.2) is 5.11 Å². The molecule has 0 aliphatic heterocycles. The Morgan fingerprint density at radius 1 is 1.15 bits per heavy atom. The highest BCUT2D eigenvalue weighted by atomic mass is 79.9. The molecule has 0 unspecified atom stereocenters. The van der Waals surface area contributed by atoms with Crippen LogP contribution in [0.2, 0.25) is 5.02 Å². The molecule has 0 heterocycles. The predicted molar refractivity (Wildman–Crippen MR) is 92.5 cm³/mol. The van der Waals surface area contributed by atoms with Crippen molar-refractivity contribution < 1.29 is 0 Å². The minimum Gasteiger partial charge on any atom is -0.331 e. The molecule has 0 aromatic heterocycles. The second-order valence-corrected chi connectivity index (χ2v) is 5.55. The second kappa shape index (κ2) is 7.38. The lowest BCUT2D eigenvalue weighted by atomic mass is 10.2. The van der Waals surface area contributed by atoms with Gasteiger partial charge in [-0.3, -0.25) is 5.43 Å². The number of nitrogens with one attached hydrogen (secondary N) is 2. The summed E-state index contributed by atoms with van der Waals surface area (Å²) in [4.78, 5) is 0. The predicted octanol–water partition coefficient (Wildman–Crippen LogP) is 4.42. The molecule has 3 nitrogen and oxygen atoms in total. The summed E-state index contributed by atoms with van der Waals surface area (Å²) < 4.78 is 0.974. The maximum atomic E-state index is 5.81. The molecule has 20 heavy (non-hydrogen) atoms. The second-order valence-electron chi connectivity index (χ2n) is 3.85. The Morgan fingerprint density at radius 2 is 1.85 bits per heavy atom. The van der Waals surface area contributed by atoms with Gasteiger partial charge in [0, 0.05) is 20.7 Å². The molecule has 0 saturated heterocycles. The van der Waals surface area contributed by atoms with E-state index in [1.165, 1.54) is 0 Å². The molecule has 0 amide bonds. The van der Waals surface area contributed by atoms with E-state index in [1.807, 2.05) is 36.4 Å². The molecule has 2 aromatic carbocycles. The van der Waals surface area contributed by atoms with Crippen LogP contribution in [0.1, 0.15) is 5.56 Å². The highest BCUT2D eigenvalue weighted by molar-refractivity contribution is 9.10. The van der Waals surface area contributed by atoms with Gasteiger partial charge in [-0.2, -0.15) is 5.10 Å². The van der Waals surface area contributed by atoms with E-state index < -0.39 is 0 Å². The van der Waals surface area contributed by atoms with Gasteiger partial charge in [-0.1, -0.05) is 45.7 Å². The third-order valence-electron chi connectivity index (χ3n) is 2.38. The van der Waals surface area contributed by atoms with Gasteiger partial charge in [0.05, 0.1) is 6.21 Å². The molecule has 6 heteroatoms. The topological polar surface area (TPSA) is 36.4 Å². The molecule has 0 bridgehead atoms. The number of thiocarbonyl (C=S) groups is 1. The van der Waals surface area contributed by atoms with Gasteiger partial charge >= 0.3 is 0 Å². The van der Waals surface area contributed by atoms with Crippen LogP contribution in [0.15, 0.2) is 58.1 Å². The zero-order valence-corrected chi connectivity index (χ0v) is 13.5. The third kappa shape index (κ3) is 4.59. The minimum absolute atomic E-state index is 0.413. The fraction of sp³-hybridized carbons (Fsp3) is 0. The van der Waals surface area contributed by atoms with Gasteiger partial charge in [0.25, 0.3) is 0 Å². The molecular weight excluding hydrogens is 358 g/mol. The maximum Gasteiger partial charge on any atom is 0.191 e. The first-order valence-corrected chi connectivity index (χ1v) is 7.33. The monoisotopic (exact) mass is 367 g/mol. The van der Waals surface area contributed by atoms with Crippen molar-refractivity contribution >= 4 is 56.8 Å². The molecule has 0 spiro atoms. The van der Waals surface area contributed by atoms with Crippen LogP contribution in [0.5, 0.6) is 0 Å². The van der Waals surface area contributed by atoms with Gasteiger partial charge < -0.3 is 5.32 Å². The van der Waals surface area contributed by atoms with Crippen molar-refractivity contribution in [3.05, 3.63) is 63.6 Å². The fourth-order valence-electron chi connectivity index (χ4n) is 1.43. The molecule has 2 rings (SSSR count). The first-order valence-electron chi connectivity index (χ1n) is 5.75. The van der Waals surface area contributed by atoms with Crippen LogP contribution < -0.4 is 10.7 Å². The molecule has 0 aliphatic carbocycles. The van der Waals surface area contributed by atoms with Crippen LogP contribution in [0.25, 0.3) is 0 Å². The quantitative estimate of drug-likeness (QED) is 0.478. The molecule has 0 radical (unpaired) electrons. The number of nitrogens with zero attached hydrogens (tertiary/aromatic N) is 1. The van der Waals surface area contributed by atoms with Gasteiger partial charge in [-0.25, -0.2) is 0 Å². The lowest BCUT2D eigenvalue weighted by molar-refractivity contribution is 1.05. The molecule has 0 fully saturated rings. The van der Waals surface area contributed by atoms with E-state index in [9.17, 15) is 0 Å². The van der Waals surface area contributed by atoms with Gasteiger partial charge in [0.1, 0.15) is 0 Å². The minimum atomic E-state index is 0.413. The number of halogens is 2. The molecular formula is C14H11BrClN3S. The standard InChI is InChI=1S/C14H11BrClN3S/c15-13-4-2-1-3-10(13)9-17-19-14(20)18-12-7-5-11(16)6-8-12/h1-9H,(H2,18,19,20). The highest BCUT2D eigenvalue weighted by Gasteiger charge is 1.97. The Labute approximate surface area is 136 Å². The van der Waals surface area contributed by atoms with E-state index in [2.05, 4.69) is 31.8 Å². The summed E-state index contributed by atoms with van der Waals surface area (Å²) >= 11 is 14.4. The Hall–Kier alpha value is -1.43. The van der Waals surface area contributed by atoms with Crippen LogP contribution >= 0.6 is 39.7 Å². The van der Waals surface area contributed by atoms with Crippen molar-refractivity contribution in [2.24, 2.45) is 5.10 Å². The van der Waals surface area contributed by atoms with Crippen molar-refractivity contribution in [3.8, 4) is 0 Å². The molecule has 0 saturated carbocycles. The summed E-state index contributed by atoms with van der Waals surface area (Å²) in [7, 11) is 0. The largest absolute Gasteiger partial charge is 0.331 e. The Bertz CT molecular complexity index is 629. The first-order chi connectivity index (χ1) is 9.65. The van der Waals surface area contributed by atoms with Gasteiger partial charge in [0.2, 0.25) is 0 Å². The molecule has 2 aromatic rings. The number of hydrogen-bond acceptors (Lipinski definition) is 2. The maximum absolute atomic E-state index is 5.81. The zero-order valence-electron chi connectivity index (χ0n) is 10.3. The summed E-state index contributed by atoms with van der Waals surface area (Å²) in [5, 5.41) is 8.18. The van der Waals surface area contributed by atoms with E-state index in [4.69, 9.17) is 23.8 Å². The van der Waals surface area contributed by atoms with E-state index in [0.717, 1.165) is 15.7 Å². The first kappa shape index (κ1) is 15.0. The highest BCUT2D eigenvalue weighted by Crippen LogP contribution is 2.14. The zero-order chi connectivity index (χ0) is 14.4. The van der Waals surface area contributed by atoms with Crippen LogP contribution in [0.3, 0.4) is 0 Å². The lowest BCUT2D eigenvalue weighted by Crippen LogP contribution is -2.23. The SMILES string of the molecule is S=C(NN=Cc1ccccc1Br)Nc1ccc(Cl)cc1. The average molecular weight is 369 g/mol. The number of anilines is 1. The number of hydrogen-bond donors (Lipinski definition) is 2. The summed E-state index contributed by atoms with van der Waals surface area (Å²) in [6, 6.07) is 15.0. The van der Waals surface area contributed by atoms with Crippen molar-refractivity contribution in [3.63, 3.8) is 0 Å². The van der Waals surface area contributed by atoms with E-state index in [1.54, 1.807) is 18.3 Å². The molecule has 0 aliphatic rings. The fourth-order valence-corrected chi connectivity index (χ4v) is 2.12. The Balaban J connectivity index is 1.89. The van der Waals surface area contributed by atoms with Crippen LogP contribution in [0, 0.1) is 0 Å². The molecule has 2 N–H and O–H groups in total. The summed E-state index contributed by atoms with van der Waals surface area (Å²) in [5.41, 5.74) is 4.57. The van der Waals surface area contributed by atoms with Crippen molar-refractivity contribution in [1.82, 2.24) is 5.43 Å². The van der Waals surface area contributed by atoms with Crippen molar-refractivity contribution in [1.29, 1.82) is 0 Å². The Morgan fingerprint density at radius 3 is 2.55 bits per heavy atom. The van der Waals surface area contributed by atoms with Crippen LogP contribution in [-0.4, -0.2) is 11.3 Å². The Kier molecular flexibility index (Phi) is 5.52. The summed E-state index contributed by atoms with van der Waals surface area (Å²) in [5.74, 6) is 0.